The van der Waals surface area contributed by atoms with Crippen LogP contribution in [0.1, 0.15) is 27.7 Å². The van der Waals surface area contributed by atoms with Gasteiger partial charge in [-0.15, -0.1) is 0 Å². The van der Waals surface area contributed by atoms with Crippen molar-refractivity contribution in [3.8, 4) is 11.5 Å². The minimum Gasteiger partial charge on any atom is -0.494 e. The fourth-order valence-electron chi connectivity index (χ4n) is 1.81. The quantitative estimate of drug-likeness (QED) is 0.713. The number of halogens is 1. The molecule has 21 heavy (non-hydrogen) atoms. The second kappa shape index (κ2) is 7.36. The molecule has 1 aromatic carbocycles. The summed E-state index contributed by atoms with van der Waals surface area (Å²) in [5, 5.41) is 0. The number of rotatable bonds is 7. The third kappa shape index (κ3) is 7.05. The summed E-state index contributed by atoms with van der Waals surface area (Å²) in [5.74, 6) is 1.08. The van der Waals surface area contributed by atoms with Crippen molar-refractivity contribution in [3.63, 3.8) is 0 Å². The van der Waals surface area contributed by atoms with E-state index in [4.69, 9.17) is 20.2 Å². The molecule has 0 saturated heterocycles. The van der Waals surface area contributed by atoms with E-state index in [9.17, 15) is 8.42 Å². The van der Waals surface area contributed by atoms with Crippen LogP contribution in [0.5, 0.6) is 11.5 Å². The summed E-state index contributed by atoms with van der Waals surface area (Å²) >= 11 is 0. The van der Waals surface area contributed by atoms with Gasteiger partial charge in [0.2, 0.25) is 9.05 Å². The molecular formula is C15H23ClO4S. The first-order chi connectivity index (χ1) is 9.62. The Morgan fingerprint density at radius 3 is 2.24 bits per heavy atom. The van der Waals surface area contributed by atoms with Crippen molar-refractivity contribution >= 4 is 19.7 Å². The van der Waals surface area contributed by atoms with Crippen LogP contribution in [0.3, 0.4) is 0 Å². The molecule has 0 spiro atoms. The largest absolute Gasteiger partial charge is 0.494 e. The van der Waals surface area contributed by atoms with Crippen LogP contribution in [0.15, 0.2) is 24.3 Å². The molecule has 6 heteroatoms. The summed E-state index contributed by atoms with van der Waals surface area (Å²) in [6.45, 7) is 8.69. The molecule has 0 aliphatic rings. The second-order valence-corrected chi connectivity index (χ2v) is 8.81. The van der Waals surface area contributed by atoms with Crippen LogP contribution in [-0.2, 0) is 9.05 Å². The van der Waals surface area contributed by atoms with Crippen LogP contribution >= 0.6 is 10.7 Å². The van der Waals surface area contributed by atoms with Gasteiger partial charge in [0.05, 0.1) is 19.0 Å². The van der Waals surface area contributed by atoms with Crippen molar-refractivity contribution in [2.75, 3.05) is 19.0 Å². The molecule has 0 aromatic heterocycles. The standard InChI is InChI=1S/C15H23ClO4S/c1-5-19-13-7-6-8-14(9-13)20-10-12(15(2,3)4)11-21(16,17)18/h6-9,12H,5,10-11H2,1-4H3. The minimum atomic E-state index is -3.56. The van der Waals surface area contributed by atoms with Gasteiger partial charge in [-0.05, 0) is 24.5 Å². The zero-order valence-corrected chi connectivity index (χ0v) is 14.5. The highest BCUT2D eigenvalue weighted by Crippen LogP contribution is 2.29. The third-order valence-corrected chi connectivity index (χ3v) is 4.37. The third-order valence-electron chi connectivity index (χ3n) is 3.19. The lowest BCUT2D eigenvalue weighted by molar-refractivity contribution is 0.163. The number of benzene rings is 1. The lowest BCUT2D eigenvalue weighted by Gasteiger charge is -2.29. The SMILES string of the molecule is CCOc1cccc(OCC(CS(=O)(=O)Cl)C(C)(C)C)c1. The first-order valence-corrected chi connectivity index (χ1v) is 9.37. The summed E-state index contributed by atoms with van der Waals surface area (Å²) in [7, 11) is 1.82. The van der Waals surface area contributed by atoms with Crippen LogP contribution < -0.4 is 9.47 Å². The van der Waals surface area contributed by atoms with Crippen molar-refractivity contribution in [1.29, 1.82) is 0 Å². The van der Waals surface area contributed by atoms with E-state index in [1.807, 2.05) is 45.9 Å². The van der Waals surface area contributed by atoms with Gasteiger partial charge in [0.1, 0.15) is 11.5 Å². The number of hydrogen-bond acceptors (Lipinski definition) is 4. The predicted molar refractivity (Wildman–Crippen MR) is 85.7 cm³/mol. The molecule has 0 heterocycles. The molecule has 0 fully saturated rings. The summed E-state index contributed by atoms with van der Waals surface area (Å²) in [6, 6.07) is 7.29. The molecule has 4 nitrogen and oxygen atoms in total. The number of hydrogen-bond donors (Lipinski definition) is 0. The van der Waals surface area contributed by atoms with Gasteiger partial charge in [0.25, 0.3) is 0 Å². The highest BCUT2D eigenvalue weighted by atomic mass is 35.7. The molecule has 0 amide bonds. The van der Waals surface area contributed by atoms with Crippen LogP contribution in [0.25, 0.3) is 0 Å². The molecule has 0 bridgehead atoms. The van der Waals surface area contributed by atoms with Crippen molar-refractivity contribution in [2.45, 2.75) is 27.7 Å². The molecule has 1 aromatic rings. The van der Waals surface area contributed by atoms with Gasteiger partial charge in [-0.2, -0.15) is 0 Å². The maximum atomic E-state index is 11.3. The fraction of sp³-hybridized carbons (Fsp3) is 0.600. The first-order valence-electron chi connectivity index (χ1n) is 6.90. The molecule has 0 N–H and O–H groups in total. The Morgan fingerprint density at radius 2 is 1.76 bits per heavy atom. The zero-order valence-electron chi connectivity index (χ0n) is 12.9. The van der Waals surface area contributed by atoms with Gasteiger partial charge in [-0.1, -0.05) is 26.8 Å². The normalized spacial score (nSPS) is 13.8. The van der Waals surface area contributed by atoms with E-state index in [0.29, 0.717) is 12.4 Å². The average molecular weight is 335 g/mol. The van der Waals surface area contributed by atoms with E-state index < -0.39 is 9.05 Å². The predicted octanol–water partition coefficient (Wildman–Crippen LogP) is 3.70. The monoisotopic (exact) mass is 334 g/mol. The Hall–Kier alpha value is -0.940. The lowest BCUT2D eigenvalue weighted by atomic mass is 9.82. The van der Waals surface area contributed by atoms with E-state index >= 15 is 0 Å². The Balaban J connectivity index is 2.75. The van der Waals surface area contributed by atoms with Crippen LogP contribution in [0.4, 0.5) is 0 Å². The summed E-state index contributed by atoms with van der Waals surface area (Å²) in [5.41, 5.74) is -0.223. The van der Waals surface area contributed by atoms with Gasteiger partial charge in [0, 0.05) is 22.7 Å². The zero-order chi connectivity index (χ0) is 16.1. The van der Waals surface area contributed by atoms with Crippen molar-refractivity contribution in [2.24, 2.45) is 11.3 Å². The number of ether oxygens (including phenoxy) is 2. The molecule has 1 rings (SSSR count). The van der Waals surface area contributed by atoms with Crippen LogP contribution in [0, 0.1) is 11.3 Å². The molecule has 0 saturated carbocycles. The molecule has 1 atom stereocenters. The van der Waals surface area contributed by atoms with Crippen LogP contribution in [-0.4, -0.2) is 27.4 Å². The molecular weight excluding hydrogens is 312 g/mol. The summed E-state index contributed by atoms with van der Waals surface area (Å²) < 4.78 is 33.8. The average Bonchev–Trinajstić information content (AvgIpc) is 2.33. The van der Waals surface area contributed by atoms with E-state index in [2.05, 4.69) is 0 Å². The maximum Gasteiger partial charge on any atom is 0.233 e. The Morgan fingerprint density at radius 1 is 1.19 bits per heavy atom. The Labute approximate surface area is 131 Å². The topological polar surface area (TPSA) is 52.6 Å². The Kier molecular flexibility index (Phi) is 6.35. The van der Waals surface area contributed by atoms with Gasteiger partial charge in [-0.25, -0.2) is 8.42 Å². The molecule has 0 aliphatic carbocycles. The van der Waals surface area contributed by atoms with Gasteiger partial charge in [0.15, 0.2) is 0 Å². The molecule has 0 radical (unpaired) electrons. The van der Waals surface area contributed by atoms with Gasteiger partial charge >= 0.3 is 0 Å². The highest BCUT2D eigenvalue weighted by molar-refractivity contribution is 8.13. The minimum absolute atomic E-state index is 0.108. The van der Waals surface area contributed by atoms with Gasteiger partial charge in [-0.3, -0.25) is 0 Å². The smallest absolute Gasteiger partial charge is 0.233 e. The fourth-order valence-corrected chi connectivity index (χ4v) is 3.34. The van der Waals surface area contributed by atoms with E-state index in [-0.39, 0.29) is 23.7 Å². The first kappa shape index (κ1) is 18.1. The maximum absolute atomic E-state index is 11.3. The molecule has 1 unspecified atom stereocenters. The van der Waals surface area contributed by atoms with Crippen LogP contribution in [0.2, 0.25) is 0 Å². The Bertz CT molecular complexity index is 549. The molecule has 120 valence electrons. The van der Waals surface area contributed by atoms with E-state index in [1.54, 1.807) is 6.07 Å². The van der Waals surface area contributed by atoms with E-state index in [1.165, 1.54) is 0 Å². The van der Waals surface area contributed by atoms with Crippen molar-refractivity contribution < 1.29 is 17.9 Å². The summed E-state index contributed by atoms with van der Waals surface area (Å²) in [4.78, 5) is 0. The second-order valence-electron chi connectivity index (χ2n) is 5.99. The molecule has 0 aliphatic heterocycles. The lowest BCUT2D eigenvalue weighted by Crippen LogP contribution is -2.31. The van der Waals surface area contributed by atoms with E-state index in [0.717, 1.165) is 5.75 Å². The summed E-state index contributed by atoms with van der Waals surface area (Å²) in [6.07, 6.45) is 0. The highest BCUT2D eigenvalue weighted by Gasteiger charge is 2.29. The van der Waals surface area contributed by atoms with Crippen molar-refractivity contribution in [1.82, 2.24) is 0 Å². The van der Waals surface area contributed by atoms with Crippen molar-refractivity contribution in [3.05, 3.63) is 24.3 Å². The van der Waals surface area contributed by atoms with Gasteiger partial charge < -0.3 is 9.47 Å².